The maximum Gasteiger partial charge on any atom is 0.339 e. The molecular formula is C18H19N5O3. The molecule has 26 heavy (non-hydrogen) atoms. The van der Waals surface area contributed by atoms with Crippen molar-refractivity contribution in [2.45, 2.75) is 6.10 Å². The highest BCUT2D eigenvalue weighted by molar-refractivity contribution is 5.91. The van der Waals surface area contributed by atoms with E-state index in [-0.39, 0.29) is 6.10 Å². The maximum atomic E-state index is 11.9. The molecule has 3 aromatic rings. The molecule has 2 aromatic heterocycles. The predicted molar refractivity (Wildman–Crippen MR) is 95.7 cm³/mol. The highest BCUT2D eigenvalue weighted by atomic mass is 16.5. The molecule has 8 nitrogen and oxygen atoms in total. The van der Waals surface area contributed by atoms with Crippen LogP contribution in [0, 0.1) is 0 Å². The van der Waals surface area contributed by atoms with Crippen LogP contribution in [0.3, 0.4) is 0 Å². The Morgan fingerprint density at radius 2 is 2.19 bits per heavy atom. The summed E-state index contributed by atoms with van der Waals surface area (Å²) in [6.45, 7) is 2.05. The number of anilines is 1. The summed E-state index contributed by atoms with van der Waals surface area (Å²) < 4.78 is 12.3. The first-order chi connectivity index (χ1) is 12.7. The molecule has 1 fully saturated rings. The number of esters is 1. The molecule has 0 amide bonds. The third-order valence-corrected chi connectivity index (χ3v) is 4.31. The smallest absolute Gasteiger partial charge is 0.339 e. The summed E-state index contributed by atoms with van der Waals surface area (Å²) in [6.07, 6.45) is 1.42. The molecule has 1 aliphatic heterocycles. The van der Waals surface area contributed by atoms with E-state index in [1.807, 2.05) is 12.1 Å². The van der Waals surface area contributed by atoms with E-state index in [0.717, 1.165) is 23.3 Å². The van der Waals surface area contributed by atoms with Crippen LogP contribution in [0.4, 0.5) is 5.69 Å². The number of carbonyl (C=O) groups excluding carboxylic acids is 1. The van der Waals surface area contributed by atoms with Crippen molar-refractivity contribution in [3.05, 3.63) is 47.8 Å². The molecule has 134 valence electrons. The molecule has 0 spiro atoms. The number of hydrogen-bond donors (Lipinski definition) is 2. The fraction of sp³-hybridized carbons (Fsp3) is 0.278. The van der Waals surface area contributed by atoms with E-state index in [1.54, 1.807) is 28.9 Å². The highest BCUT2D eigenvalue weighted by Crippen LogP contribution is 2.26. The molecule has 1 unspecified atom stereocenters. The molecular weight excluding hydrogens is 334 g/mol. The molecule has 0 radical (unpaired) electrons. The zero-order valence-corrected chi connectivity index (χ0v) is 14.3. The van der Waals surface area contributed by atoms with Crippen LogP contribution in [0.5, 0.6) is 0 Å². The Bertz CT molecular complexity index is 945. The lowest BCUT2D eigenvalue weighted by atomic mass is 10.1. The van der Waals surface area contributed by atoms with Crippen molar-refractivity contribution in [3.63, 3.8) is 0 Å². The van der Waals surface area contributed by atoms with E-state index in [1.165, 1.54) is 7.11 Å². The van der Waals surface area contributed by atoms with Crippen molar-refractivity contribution in [1.82, 2.24) is 19.9 Å². The number of methoxy groups -OCH3 is 1. The molecule has 1 saturated heterocycles. The summed E-state index contributed by atoms with van der Waals surface area (Å²) in [5, 5.41) is 7.85. The van der Waals surface area contributed by atoms with Gasteiger partial charge >= 0.3 is 5.97 Å². The van der Waals surface area contributed by atoms with E-state index in [0.29, 0.717) is 30.2 Å². The number of nitrogen functional groups attached to an aromatic ring is 1. The molecule has 3 heterocycles. The van der Waals surface area contributed by atoms with Crippen LogP contribution in [0.25, 0.3) is 16.9 Å². The van der Waals surface area contributed by atoms with E-state index >= 15 is 0 Å². The first-order valence-electron chi connectivity index (χ1n) is 8.32. The third kappa shape index (κ3) is 3.00. The van der Waals surface area contributed by atoms with Crippen LogP contribution in [-0.2, 0) is 9.47 Å². The Kier molecular flexibility index (Phi) is 4.27. The molecule has 1 aliphatic rings. The topological polar surface area (TPSA) is 104 Å². The Labute approximate surface area is 149 Å². The second kappa shape index (κ2) is 6.74. The Morgan fingerprint density at radius 1 is 1.38 bits per heavy atom. The number of benzene rings is 1. The largest absolute Gasteiger partial charge is 0.465 e. The first kappa shape index (κ1) is 16.5. The number of ether oxygens (including phenoxy) is 2. The zero-order chi connectivity index (χ0) is 18.1. The number of rotatable bonds is 3. The quantitative estimate of drug-likeness (QED) is 0.542. The van der Waals surface area contributed by atoms with E-state index in [4.69, 9.17) is 20.2 Å². The van der Waals surface area contributed by atoms with Crippen molar-refractivity contribution >= 4 is 17.2 Å². The Hall–Kier alpha value is -2.97. The monoisotopic (exact) mass is 353 g/mol. The van der Waals surface area contributed by atoms with Crippen LogP contribution >= 0.6 is 0 Å². The van der Waals surface area contributed by atoms with Gasteiger partial charge in [-0.2, -0.15) is 0 Å². The van der Waals surface area contributed by atoms with Gasteiger partial charge in [0, 0.05) is 30.5 Å². The lowest BCUT2D eigenvalue weighted by Crippen LogP contribution is -2.34. The van der Waals surface area contributed by atoms with Gasteiger partial charge in [0.25, 0.3) is 0 Å². The van der Waals surface area contributed by atoms with Gasteiger partial charge in [0.15, 0.2) is 5.82 Å². The number of aromatic nitrogens is 3. The van der Waals surface area contributed by atoms with Crippen molar-refractivity contribution in [3.8, 4) is 11.4 Å². The van der Waals surface area contributed by atoms with Gasteiger partial charge in [-0.15, -0.1) is 5.10 Å². The fourth-order valence-corrected chi connectivity index (χ4v) is 2.98. The van der Waals surface area contributed by atoms with Crippen LogP contribution in [0.2, 0.25) is 0 Å². The summed E-state index contributed by atoms with van der Waals surface area (Å²) >= 11 is 0. The molecule has 8 heteroatoms. The van der Waals surface area contributed by atoms with Crippen molar-refractivity contribution < 1.29 is 14.3 Å². The average molecular weight is 353 g/mol. The second-order valence-electron chi connectivity index (χ2n) is 6.06. The van der Waals surface area contributed by atoms with Crippen molar-refractivity contribution in [2.75, 3.05) is 32.5 Å². The number of morpholine rings is 1. The average Bonchev–Trinajstić information content (AvgIpc) is 3.12. The minimum atomic E-state index is -0.418. The van der Waals surface area contributed by atoms with Gasteiger partial charge in [0.2, 0.25) is 0 Å². The second-order valence-corrected chi connectivity index (χ2v) is 6.06. The summed E-state index contributed by atoms with van der Waals surface area (Å²) in [5.74, 6) is 0.117. The van der Waals surface area contributed by atoms with Gasteiger partial charge in [-0.25, -0.2) is 14.3 Å². The zero-order valence-electron chi connectivity index (χ0n) is 14.3. The summed E-state index contributed by atoms with van der Waals surface area (Å²) in [4.78, 5) is 16.7. The standard InChI is InChI=1S/C18H19N5O3/c1-25-18(24)12-8-14-16(15-9-20-6-7-26-15)21-17(22-23(14)10-12)11-2-4-13(19)5-3-11/h2-5,8,10,15,20H,6-7,9,19H2,1H3. The number of carbonyl (C=O) groups is 1. The van der Waals surface area contributed by atoms with E-state index in [9.17, 15) is 4.79 Å². The van der Waals surface area contributed by atoms with E-state index < -0.39 is 5.97 Å². The SMILES string of the molecule is COC(=O)c1cc2c(C3CNCCO3)nc(-c3ccc(N)cc3)nn2c1. The number of nitrogens with two attached hydrogens (primary N) is 1. The van der Waals surface area contributed by atoms with Crippen LogP contribution in [0.15, 0.2) is 36.5 Å². The van der Waals surface area contributed by atoms with Gasteiger partial charge in [0.1, 0.15) is 6.10 Å². The number of nitrogens with zero attached hydrogens (tertiary/aromatic N) is 3. The normalized spacial score (nSPS) is 17.3. The van der Waals surface area contributed by atoms with Crippen LogP contribution < -0.4 is 11.1 Å². The minimum Gasteiger partial charge on any atom is -0.465 e. The van der Waals surface area contributed by atoms with Gasteiger partial charge in [0.05, 0.1) is 30.5 Å². The molecule has 4 rings (SSSR count). The lowest BCUT2D eigenvalue weighted by molar-refractivity contribution is 0.0257. The molecule has 0 bridgehead atoms. The summed E-state index contributed by atoms with van der Waals surface area (Å²) in [6, 6.07) is 9.06. The molecule has 0 saturated carbocycles. The minimum absolute atomic E-state index is 0.220. The maximum absolute atomic E-state index is 11.9. The predicted octanol–water partition coefficient (Wildman–Crippen LogP) is 1.43. The first-order valence-corrected chi connectivity index (χ1v) is 8.32. The Balaban J connectivity index is 1.87. The summed E-state index contributed by atoms with van der Waals surface area (Å²) in [5.41, 5.74) is 9.14. The fourth-order valence-electron chi connectivity index (χ4n) is 2.98. The van der Waals surface area contributed by atoms with Gasteiger partial charge in [-0.1, -0.05) is 0 Å². The van der Waals surface area contributed by atoms with Gasteiger partial charge in [-0.05, 0) is 30.3 Å². The molecule has 3 N–H and O–H groups in total. The van der Waals surface area contributed by atoms with Gasteiger partial charge < -0.3 is 20.5 Å². The van der Waals surface area contributed by atoms with Gasteiger partial charge in [-0.3, -0.25) is 0 Å². The number of hydrogen-bond acceptors (Lipinski definition) is 7. The van der Waals surface area contributed by atoms with E-state index in [2.05, 4.69) is 10.4 Å². The van der Waals surface area contributed by atoms with Crippen LogP contribution in [0.1, 0.15) is 22.2 Å². The molecule has 0 aliphatic carbocycles. The third-order valence-electron chi connectivity index (χ3n) is 4.31. The number of fused-ring (bicyclic) bond motifs is 1. The van der Waals surface area contributed by atoms with Crippen molar-refractivity contribution in [2.24, 2.45) is 0 Å². The highest BCUT2D eigenvalue weighted by Gasteiger charge is 2.23. The van der Waals surface area contributed by atoms with Crippen molar-refractivity contribution in [1.29, 1.82) is 0 Å². The Morgan fingerprint density at radius 3 is 2.88 bits per heavy atom. The molecule has 1 aromatic carbocycles. The lowest BCUT2D eigenvalue weighted by Gasteiger charge is -2.24. The summed E-state index contributed by atoms with van der Waals surface area (Å²) in [7, 11) is 1.35. The molecule has 1 atom stereocenters. The number of nitrogens with one attached hydrogen (secondary N) is 1. The van der Waals surface area contributed by atoms with Crippen LogP contribution in [-0.4, -0.2) is 47.4 Å².